The molecule has 0 saturated heterocycles. The zero-order valence-electron chi connectivity index (χ0n) is 7.57. The molecule has 2 heteroatoms. The van der Waals surface area contributed by atoms with Gasteiger partial charge in [0.1, 0.15) is 0 Å². The van der Waals surface area contributed by atoms with Crippen molar-refractivity contribution < 1.29 is 0 Å². The fourth-order valence-corrected chi connectivity index (χ4v) is 1.74. The van der Waals surface area contributed by atoms with Crippen molar-refractivity contribution in [3.05, 3.63) is 41.0 Å². The Bertz CT molecular complexity index is 472. The van der Waals surface area contributed by atoms with E-state index in [2.05, 4.69) is 12.1 Å². The van der Waals surface area contributed by atoms with Crippen molar-refractivity contribution >= 4 is 6.08 Å². The Morgan fingerprint density at radius 3 is 2.86 bits per heavy atom. The molecule has 2 rings (SSSR count). The lowest BCUT2D eigenvalue weighted by Crippen LogP contribution is -2.02. The molecule has 0 aromatic heterocycles. The van der Waals surface area contributed by atoms with E-state index in [4.69, 9.17) is 10.5 Å². The largest absolute Gasteiger partial charge is 0.198 e. The van der Waals surface area contributed by atoms with Crippen molar-refractivity contribution in [2.24, 2.45) is 0 Å². The summed E-state index contributed by atoms with van der Waals surface area (Å²) in [4.78, 5) is 0. The number of hydrogen-bond acceptors (Lipinski definition) is 2. The molecule has 1 aliphatic carbocycles. The van der Waals surface area contributed by atoms with Gasteiger partial charge in [-0.15, -0.1) is 0 Å². The van der Waals surface area contributed by atoms with Crippen LogP contribution in [-0.2, 0) is 0 Å². The van der Waals surface area contributed by atoms with Crippen molar-refractivity contribution in [3.63, 3.8) is 0 Å². The van der Waals surface area contributed by atoms with Crippen LogP contribution in [0.4, 0.5) is 0 Å². The topological polar surface area (TPSA) is 47.6 Å². The molecule has 1 unspecified atom stereocenters. The van der Waals surface area contributed by atoms with Gasteiger partial charge in [0.15, 0.2) is 0 Å². The lowest BCUT2D eigenvalue weighted by Gasteiger charge is -2.15. The van der Waals surface area contributed by atoms with Crippen LogP contribution in [0.1, 0.15) is 29.0 Å². The molecule has 0 radical (unpaired) electrons. The van der Waals surface area contributed by atoms with Gasteiger partial charge in [0.25, 0.3) is 0 Å². The van der Waals surface area contributed by atoms with Gasteiger partial charge in [-0.25, -0.2) is 0 Å². The summed E-state index contributed by atoms with van der Waals surface area (Å²) in [6.07, 6.45) is 4.64. The smallest absolute Gasteiger partial charge is 0.0998 e. The third kappa shape index (κ3) is 1.18. The van der Waals surface area contributed by atoms with Gasteiger partial charge in [-0.3, -0.25) is 0 Å². The number of fused-ring (bicyclic) bond motifs is 1. The average molecular weight is 180 g/mol. The molecule has 66 valence electrons. The number of nitrogens with zero attached hydrogens (tertiary/aromatic N) is 2. The van der Waals surface area contributed by atoms with Gasteiger partial charge in [-0.2, -0.15) is 10.5 Å². The molecular weight excluding hydrogens is 172 g/mol. The Hall–Kier alpha value is -2.06. The van der Waals surface area contributed by atoms with Crippen LogP contribution in [0.3, 0.4) is 0 Å². The number of rotatable bonds is 0. The summed E-state index contributed by atoms with van der Waals surface area (Å²) >= 11 is 0. The molecule has 1 aromatic rings. The van der Waals surface area contributed by atoms with Crippen molar-refractivity contribution in [2.75, 3.05) is 0 Å². The van der Waals surface area contributed by atoms with Crippen LogP contribution in [0, 0.1) is 22.7 Å². The third-order valence-corrected chi connectivity index (χ3v) is 2.45. The van der Waals surface area contributed by atoms with Gasteiger partial charge in [0.05, 0.1) is 23.6 Å². The molecule has 0 fully saturated rings. The summed E-state index contributed by atoms with van der Waals surface area (Å²) in [6, 6.07) is 9.93. The van der Waals surface area contributed by atoms with Gasteiger partial charge < -0.3 is 0 Å². The first kappa shape index (κ1) is 8.53. The molecule has 1 aliphatic rings. The number of hydrogen-bond donors (Lipinski definition) is 0. The van der Waals surface area contributed by atoms with E-state index in [1.807, 2.05) is 24.3 Å². The minimum atomic E-state index is -0.0942. The molecule has 0 amide bonds. The lowest BCUT2D eigenvalue weighted by molar-refractivity contribution is 0.865. The fourth-order valence-electron chi connectivity index (χ4n) is 1.74. The highest BCUT2D eigenvalue weighted by Crippen LogP contribution is 2.30. The monoisotopic (exact) mass is 180 g/mol. The first-order valence-corrected chi connectivity index (χ1v) is 4.46. The quantitative estimate of drug-likeness (QED) is 0.616. The predicted molar refractivity (Wildman–Crippen MR) is 53.2 cm³/mol. The standard InChI is InChI=1S/C12H8N2/c13-7-9-3-1-5-11-10(8-14)4-2-6-12(9)11/h1-3,5-6,10H,4H2. The van der Waals surface area contributed by atoms with E-state index in [-0.39, 0.29) is 5.92 Å². The number of allylic oxidation sites excluding steroid dienone is 1. The van der Waals surface area contributed by atoms with E-state index in [0.29, 0.717) is 5.56 Å². The molecule has 14 heavy (non-hydrogen) atoms. The van der Waals surface area contributed by atoms with Gasteiger partial charge >= 0.3 is 0 Å². The SMILES string of the molecule is N#Cc1cccc2c1C=CCC2C#N. The zero-order chi connectivity index (χ0) is 9.97. The van der Waals surface area contributed by atoms with E-state index in [0.717, 1.165) is 17.5 Å². The molecule has 0 saturated carbocycles. The van der Waals surface area contributed by atoms with Crippen LogP contribution in [-0.4, -0.2) is 0 Å². The summed E-state index contributed by atoms with van der Waals surface area (Å²) < 4.78 is 0. The number of nitriles is 2. The second kappa shape index (κ2) is 3.36. The van der Waals surface area contributed by atoms with Crippen molar-refractivity contribution in [1.82, 2.24) is 0 Å². The van der Waals surface area contributed by atoms with E-state index in [9.17, 15) is 0 Å². The van der Waals surface area contributed by atoms with Crippen LogP contribution in [0.2, 0.25) is 0 Å². The van der Waals surface area contributed by atoms with E-state index in [1.165, 1.54) is 0 Å². The second-order valence-corrected chi connectivity index (χ2v) is 3.24. The van der Waals surface area contributed by atoms with E-state index in [1.54, 1.807) is 6.07 Å². The minimum Gasteiger partial charge on any atom is -0.198 e. The van der Waals surface area contributed by atoms with E-state index < -0.39 is 0 Å². The number of benzene rings is 1. The van der Waals surface area contributed by atoms with Gasteiger partial charge in [0.2, 0.25) is 0 Å². The summed E-state index contributed by atoms with van der Waals surface area (Å²) in [7, 11) is 0. The van der Waals surface area contributed by atoms with E-state index >= 15 is 0 Å². The predicted octanol–water partition coefficient (Wildman–Crippen LogP) is 2.58. The summed E-state index contributed by atoms with van der Waals surface area (Å²) in [5.74, 6) is -0.0942. The van der Waals surface area contributed by atoms with Gasteiger partial charge in [0, 0.05) is 0 Å². The molecule has 0 bridgehead atoms. The molecule has 0 heterocycles. The third-order valence-electron chi connectivity index (χ3n) is 2.45. The molecule has 2 nitrogen and oxygen atoms in total. The maximum absolute atomic E-state index is 8.93. The lowest BCUT2D eigenvalue weighted by atomic mass is 9.86. The van der Waals surface area contributed by atoms with Crippen LogP contribution in [0.25, 0.3) is 6.08 Å². The normalized spacial score (nSPS) is 18.0. The molecule has 0 spiro atoms. The fraction of sp³-hybridized carbons (Fsp3) is 0.167. The Kier molecular flexibility index (Phi) is 2.05. The molecule has 0 aliphatic heterocycles. The van der Waals surface area contributed by atoms with Gasteiger partial charge in [-0.05, 0) is 23.6 Å². The first-order valence-electron chi connectivity index (χ1n) is 4.46. The van der Waals surface area contributed by atoms with Crippen LogP contribution in [0.15, 0.2) is 24.3 Å². The van der Waals surface area contributed by atoms with Crippen molar-refractivity contribution in [2.45, 2.75) is 12.3 Å². The molecule has 1 aromatic carbocycles. The van der Waals surface area contributed by atoms with Gasteiger partial charge in [-0.1, -0.05) is 24.3 Å². The van der Waals surface area contributed by atoms with Crippen molar-refractivity contribution in [3.8, 4) is 12.1 Å². The summed E-state index contributed by atoms with van der Waals surface area (Å²) in [6.45, 7) is 0. The summed E-state index contributed by atoms with van der Waals surface area (Å²) in [5, 5.41) is 17.8. The zero-order valence-corrected chi connectivity index (χ0v) is 7.57. The van der Waals surface area contributed by atoms with Crippen LogP contribution in [0.5, 0.6) is 0 Å². The Morgan fingerprint density at radius 2 is 2.14 bits per heavy atom. The summed E-state index contributed by atoms with van der Waals surface area (Å²) in [5.41, 5.74) is 2.54. The Balaban J connectivity index is 2.65. The Labute approximate surface area is 82.7 Å². The second-order valence-electron chi connectivity index (χ2n) is 3.24. The average Bonchev–Trinajstić information content (AvgIpc) is 2.27. The van der Waals surface area contributed by atoms with Crippen molar-refractivity contribution in [1.29, 1.82) is 10.5 Å². The highest BCUT2D eigenvalue weighted by atomic mass is 14.3. The maximum atomic E-state index is 8.93. The van der Waals surface area contributed by atoms with Crippen LogP contribution >= 0.6 is 0 Å². The molecular formula is C12H8N2. The highest BCUT2D eigenvalue weighted by molar-refractivity contribution is 5.65. The Morgan fingerprint density at radius 1 is 1.29 bits per heavy atom. The minimum absolute atomic E-state index is 0.0942. The first-order chi connectivity index (χ1) is 6.86. The van der Waals surface area contributed by atoms with Crippen LogP contribution < -0.4 is 0 Å². The maximum Gasteiger partial charge on any atom is 0.0998 e. The molecule has 0 N–H and O–H groups in total. The highest BCUT2D eigenvalue weighted by Gasteiger charge is 2.17. The molecule has 1 atom stereocenters.